The molecule has 2 aromatic rings. The third kappa shape index (κ3) is 3.00. The largest absolute Gasteiger partial charge is 0.390 e. The van der Waals surface area contributed by atoms with Crippen molar-refractivity contribution in [2.75, 3.05) is 5.32 Å². The normalized spacial score (nSPS) is 34.0. The maximum absolute atomic E-state index is 13.2. The van der Waals surface area contributed by atoms with Gasteiger partial charge in [0.1, 0.15) is 0 Å². The number of aliphatic hydroxyl groups is 1. The zero-order valence-corrected chi connectivity index (χ0v) is 16.9. The summed E-state index contributed by atoms with van der Waals surface area (Å²) in [6, 6.07) is 7.60. The number of hydrogen-bond donors (Lipinski definition) is 2. The second-order valence-corrected chi connectivity index (χ2v) is 10.5. The van der Waals surface area contributed by atoms with E-state index in [1.54, 1.807) is 0 Å². The number of carbonyl (C=O) groups excluding carboxylic acids is 1. The summed E-state index contributed by atoms with van der Waals surface area (Å²) in [5, 5.41) is 15.3. The van der Waals surface area contributed by atoms with Crippen LogP contribution in [0.5, 0.6) is 0 Å². The number of hydrogen-bond acceptors (Lipinski definition) is 4. The van der Waals surface area contributed by atoms with E-state index in [2.05, 4.69) is 10.3 Å². The number of benzene rings is 1. The van der Waals surface area contributed by atoms with Gasteiger partial charge in [0.15, 0.2) is 5.13 Å². The van der Waals surface area contributed by atoms with E-state index in [0.717, 1.165) is 41.8 Å². The molecule has 4 aliphatic rings. The summed E-state index contributed by atoms with van der Waals surface area (Å²) in [6.45, 7) is 2.02. The molecule has 1 aromatic heterocycles. The molecule has 6 rings (SSSR count). The minimum atomic E-state index is -0.630. The lowest BCUT2D eigenvalue weighted by Crippen LogP contribution is -2.59. The number of aromatic nitrogens is 1. The van der Waals surface area contributed by atoms with Crippen molar-refractivity contribution in [3.63, 3.8) is 0 Å². The minimum absolute atomic E-state index is 0.0476. The summed E-state index contributed by atoms with van der Waals surface area (Å²) < 4.78 is 0. The third-order valence-corrected chi connectivity index (χ3v) is 7.78. The van der Waals surface area contributed by atoms with Gasteiger partial charge in [-0.3, -0.25) is 4.79 Å². The maximum Gasteiger partial charge on any atom is 0.232 e. The number of nitrogens with zero attached hydrogens (tertiary/aromatic N) is 1. The van der Waals surface area contributed by atoms with Crippen LogP contribution in [0.2, 0.25) is 5.02 Å². The van der Waals surface area contributed by atoms with Crippen molar-refractivity contribution in [1.29, 1.82) is 0 Å². The molecule has 4 fully saturated rings. The Hall–Kier alpha value is -1.43. The number of halogens is 1. The van der Waals surface area contributed by atoms with Crippen molar-refractivity contribution < 1.29 is 9.90 Å². The Morgan fingerprint density at radius 1 is 1.22 bits per heavy atom. The second-order valence-electron chi connectivity index (χ2n) is 8.85. The van der Waals surface area contributed by atoms with Gasteiger partial charge < -0.3 is 10.4 Å². The van der Waals surface area contributed by atoms with Crippen LogP contribution in [0.1, 0.15) is 43.4 Å². The molecule has 2 unspecified atom stereocenters. The molecule has 4 aliphatic carbocycles. The van der Waals surface area contributed by atoms with Crippen LogP contribution in [0.4, 0.5) is 5.13 Å². The number of anilines is 1. The third-order valence-electron chi connectivity index (χ3n) is 6.65. The first-order chi connectivity index (χ1) is 12.8. The SMILES string of the molecule is Cc1sc(NC(=O)C23C[C@@H]4C[C@@H](CC(O)(C4)C2)C3)nc1-c1ccc(Cl)cc1. The fourth-order valence-corrected chi connectivity index (χ4v) is 6.99. The van der Waals surface area contributed by atoms with Gasteiger partial charge in [0.25, 0.3) is 0 Å². The Bertz CT molecular complexity index is 893. The molecular formula is C21H23ClN2O2S. The zero-order valence-electron chi connectivity index (χ0n) is 15.3. The standard InChI is InChI=1S/C21H23ClN2O2S/c1-12-17(15-2-4-16(22)5-3-15)23-19(27-12)24-18(25)20-7-13-6-14(8-20)10-21(26,9-13)11-20/h2-5,13-14,26H,6-11H2,1H3,(H,23,24,25)/t13-,14+,20?,21?. The molecule has 142 valence electrons. The van der Waals surface area contributed by atoms with Gasteiger partial charge in [0.2, 0.25) is 5.91 Å². The number of thiazole rings is 1. The van der Waals surface area contributed by atoms with Crippen LogP contribution in [0.15, 0.2) is 24.3 Å². The smallest absolute Gasteiger partial charge is 0.232 e. The Labute approximate surface area is 168 Å². The van der Waals surface area contributed by atoms with Crippen LogP contribution in [-0.4, -0.2) is 21.6 Å². The summed E-state index contributed by atoms with van der Waals surface area (Å²) in [4.78, 5) is 19.0. The van der Waals surface area contributed by atoms with Crippen LogP contribution in [0, 0.1) is 24.2 Å². The molecule has 4 saturated carbocycles. The summed E-state index contributed by atoms with van der Waals surface area (Å²) in [5.41, 5.74) is 0.835. The first-order valence-electron chi connectivity index (χ1n) is 9.61. The van der Waals surface area contributed by atoms with Crippen molar-refractivity contribution in [1.82, 2.24) is 4.98 Å². The van der Waals surface area contributed by atoms with Gasteiger partial charge in [-0.15, -0.1) is 11.3 Å². The molecule has 2 N–H and O–H groups in total. The molecule has 27 heavy (non-hydrogen) atoms. The van der Waals surface area contributed by atoms with E-state index in [1.165, 1.54) is 17.8 Å². The summed E-state index contributed by atoms with van der Waals surface area (Å²) in [6.07, 6.45) is 5.34. The Morgan fingerprint density at radius 3 is 2.52 bits per heavy atom. The van der Waals surface area contributed by atoms with Crippen molar-refractivity contribution in [3.8, 4) is 11.3 Å². The summed E-state index contributed by atoms with van der Waals surface area (Å²) in [7, 11) is 0. The quantitative estimate of drug-likeness (QED) is 0.755. The van der Waals surface area contributed by atoms with E-state index in [-0.39, 0.29) is 5.91 Å². The van der Waals surface area contributed by atoms with E-state index in [0.29, 0.717) is 28.4 Å². The van der Waals surface area contributed by atoms with Gasteiger partial charge in [-0.1, -0.05) is 23.7 Å². The van der Waals surface area contributed by atoms with Gasteiger partial charge in [-0.2, -0.15) is 0 Å². The predicted molar refractivity (Wildman–Crippen MR) is 108 cm³/mol. The molecule has 0 saturated heterocycles. The van der Waals surface area contributed by atoms with Gasteiger partial charge in [0.05, 0.1) is 16.7 Å². The predicted octanol–water partition coefficient (Wildman–Crippen LogP) is 5.04. The van der Waals surface area contributed by atoms with E-state index >= 15 is 0 Å². The average Bonchev–Trinajstić information content (AvgIpc) is 2.93. The van der Waals surface area contributed by atoms with E-state index < -0.39 is 11.0 Å². The van der Waals surface area contributed by atoms with Crippen LogP contribution < -0.4 is 5.32 Å². The molecule has 0 aliphatic heterocycles. The Balaban J connectivity index is 1.39. The zero-order chi connectivity index (χ0) is 18.8. The highest BCUT2D eigenvalue weighted by Crippen LogP contribution is 2.61. The highest BCUT2D eigenvalue weighted by Gasteiger charge is 2.60. The lowest BCUT2D eigenvalue weighted by molar-refractivity contribution is -0.174. The van der Waals surface area contributed by atoms with Crippen LogP contribution in [-0.2, 0) is 4.79 Å². The first kappa shape index (κ1) is 17.7. The minimum Gasteiger partial charge on any atom is -0.390 e. The van der Waals surface area contributed by atoms with Gasteiger partial charge in [-0.25, -0.2) is 4.98 Å². The molecule has 0 radical (unpaired) electrons. The molecular weight excluding hydrogens is 380 g/mol. The summed E-state index contributed by atoms with van der Waals surface area (Å²) >= 11 is 7.49. The average molecular weight is 403 g/mol. The fraction of sp³-hybridized carbons (Fsp3) is 0.524. The molecule has 1 aromatic carbocycles. The van der Waals surface area contributed by atoms with Crippen LogP contribution >= 0.6 is 22.9 Å². The second kappa shape index (κ2) is 6.03. The van der Waals surface area contributed by atoms with Crippen molar-refractivity contribution in [2.45, 2.75) is 51.0 Å². The molecule has 0 spiro atoms. The van der Waals surface area contributed by atoms with Crippen molar-refractivity contribution in [2.24, 2.45) is 17.3 Å². The fourth-order valence-electron chi connectivity index (χ4n) is 6.04. The molecule has 4 nitrogen and oxygen atoms in total. The van der Waals surface area contributed by atoms with Crippen molar-refractivity contribution >= 4 is 34.0 Å². The van der Waals surface area contributed by atoms with E-state index in [1.807, 2.05) is 31.2 Å². The number of rotatable bonds is 3. The molecule has 1 heterocycles. The molecule has 4 atom stereocenters. The number of amides is 1. The Kier molecular flexibility index (Phi) is 3.94. The van der Waals surface area contributed by atoms with E-state index in [4.69, 9.17) is 11.6 Å². The van der Waals surface area contributed by atoms with Crippen molar-refractivity contribution in [3.05, 3.63) is 34.2 Å². The maximum atomic E-state index is 13.2. The Morgan fingerprint density at radius 2 is 1.89 bits per heavy atom. The van der Waals surface area contributed by atoms with Crippen LogP contribution in [0.3, 0.4) is 0 Å². The highest BCUT2D eigenvalue weighted by atomic mass is 35.5. The summed E-state index contributed by atoms with van der Waals surface area (Å²) in [5.74, 6) is 1.03. The van der Waals surface area contributed by atoms with Gasteiger partial charge in [0, 0.05) is 15.5 Å². The number of carbonyl (C=O) groups is 1. The number of aryl methyl sites for hydroxylation is 1. The molecule has 4 bridgehead atoms. The monoisotopic (exact) mass is 402 g/mol. The molecule has 1 amide bonds. The van der Waals surface area contributed by atoms with Crippen LogP contribution in [0.25, 0.3) is 11.3 Å². The topological polar surface area (TPSA) is 62.2 Å². The first-order valence-corrected chi connectivity index (χ1v) is 10.8. The molecule has 6 heteroatoms. The lowest BCUT2D eigenvalue weighted by atomic mass is 9.47. The lowest BCUT2D eigenvalue weighted by Gasteiger charge is -2.59. The van der Waals surface area contributed by atoms with E-state index in [9.17, 15) is 9.90 Å². The number of nitrogens with one attached hydrogen (secondary N) is 1. The van der Waals surface area contributed by atoms with Gasteiger partial charge >= 0.3 is 0 Å². The highest BCUT2D eigenvalue weighted by molar-refractivity contribution is 7.16. The van der Waals surface area contributed by atoms with Gasteiger partial charge in [-0.05, 0) is 69.4 Å².